The van der Waals surface area contributed by atoms with E-state index in [9.17, 15) is 9.90 Å². The molecule has 188 valence electrons. The molecule has 0 saturated carbocycles. The molecule has 1 atom stereocenters. The second kappa shape index (κ2) is 11.0. The summed E-state index contributed by atoms with van der Waals surface area (Å²) in [6, 6.07) is 22.5. The largest absolute Gasteiger partial charge is 0.489 e. The highest BCUT2D eigenvalue weighted by molar-refractivity contribution is 6.05. The summed E-state index contributed by atoms with van der Waals surface area (Å²) in [4.78, 5) is 22.3. The molecule has 1 unspecified atom stereocenters. The van der Waals surface area contributed by atoms with E-state index >= 15 is 0 Å². The van der Waals surface area contributed by atoms with Gasteiger partial charge in [-0.3, -0.25) is 4.79 Å². The number of benzene rings is 2. The zero-order chi connectivity index (χ0) is 25.6. The molecule has 2 aromatic carbocycles. The molecule has 9 heteroatoms. The monoisotopic (exact) mass is 496 g/mol. The number of allylic oxidation sites excluding steroid dienone is 1. The van der Waals surface area contributed by atoms with E-state index in [0.29, 0.717) is 48.3 Å². The predicted octanol–water partition coefficient (Wildman–Crippen LogP) is 4.10. The Hall–Kier alpha value is -4.50. The molecule has 1 aliphatic heterocycles. The first-order chi connectivity index (χ1) is 18.1. The summed E-state index contributed by atoms with van der Waals surface area (Å²) in [5, 5.41) is 20.1. The number of hydrogen-bond donors (Lipinski definition) is 3. The number of anilines is 2. The first kappa shape index (κ1) is 24.2. The van der Waals surface area contributed by atoms with Crippen molar-refractivity contribution in [2.24, 2.45) is 0 Å². The lowest BCUT2D eigenvalue weighted by Gasteiger charge is -2.28. The van der Waals surface area contributed by atoms with E-state index in [4.69, 9.17) is 4.74 Å². The van der Waals surface area contributed by atoms with E-state index in [1.165, 1.54) is 0 Å². The molecule has 4 aromatic rings. The van der Waals surface area contributed by atoms with Crippen LogP contribution in [0.5, 0.6) is 5.75 Å². The fourth-order valence-corrected chi connectivity index (χ4v) is 4.25. The lowest BCUT2D eigenvalue weighted by atomic mass is 9.95. The van der Waals surface area contributed by atoms with E-state index in [2.05, 4.69) is 25.7 Å². The minimum atomic E-state index is -0.515. The molecule has 9 nitrogen and oxygen atoms in total. The molecular weight excluding hydrogens is 468 g/mol. The molecule has 3 heterocycles. The van der Waals surface area contributed by atoms with Crippen molar-refractivity contribution in [3.05, 3.63) is 107 Å². The maximum atomic E-state index is 13.5. The van der Waals surface area contributed by atoms with Crippen LogP contribution in [-0.4, -0.2) is 37.4 Å². The van der Waals surface area contributed by atoms with Crippen molar-refractivity contribution in [2.75, 3.05) is 17.2 Å². The quantitative estimate of drug-likeness (QED) is 0.320. The van der Waals surface area contributed by atoms with Gasteiger partial charge in [-0.2, -0.15) is 10.1 Å². The van der Waals surface area contributed by atoms with Crippen LogP contribution in [-0.2, 0) is 17.8 Å². The van der Waals surface area contributed by atoms with Gasteiger partial charge in [-0.15, -0.1) is 0 Å². The number of aliphatic hydroxyl groups excluding tert-OH is 1. The molecule has 0 radical (unpaired) electrons. The third kappa shape index (κ3) is 5.52. The first-order valence-corrected chi connectivity index (χ1v) is 12.2. The maximum Gasteiger partial charge on any atom is 0.257 e. The Morgan fingerprint density at radius 3 is 2.59 bits per heavy atom. The molecule has 1 aliphatic rings. The third-order valence-electron chi connectivity index (χ3n) is 6.05. The summed E-state index contributed by atoms with van der Waals surface area (Å²) in [5.74, 6) is 2.06. The van der Waals surface area contributed by atoms with Gasteiger partial charge >= 0.3 is 0 Å². The molecule has 3 N–H and O–H groups in total. The summed E-state index contributed by atoms with van der Waals surface area (Å²) < 4.78 is 7.69. The highest BCUT2D eigenvalue weighted by Crippen LogP contribution is 2.36. The standard InChI is InChI=1S/C28H28N6O3/c1-19-25(27(36)31-23-10-5-6-16-29-23)26(34-28(30-19)32-24(33-34)11-7-17-35)21-12-14-22(15-13-21)37-18-20-8-3-2-4-9-20/h2-6,8-10,12-16,26,35H,7,11,17-18H2,1H3,(H,29,31,36)(H,30,32,33). The van der Waals surface area contributed by atoms with Crippen molar-refractivity contribution in [3.8, 4) is 5.75 Å². The summed E-state index contributed by atoms with van der Waals surface area (Å²) in [6.07, 6.45) is 2.72. The van der Waals surface area contributed by atoms with Gasteiger partial charge in [-0.05, 0) is 48.7 Å². The zero-order valence-corrected chi connectivity index (χ0v) is 20.5. The second-order valence-electron chi connectivity index (χ2n) is 8.70. The van der Waals surface area contributed by atoms with Crippen molar-refractivity contribution < 1.29 is 14.6 Å². The van der Waals surface area contributed by atoms with Gasteiger partial charge in [0.25, 0.3) is 5.91 Å². The van der Waals surface area contributed by atoms with Gasteiger partial charge < -0.3 is 20.5 Å². The lowest BCUT2D eigenvalue weighted by Crippen LogP contribution is -2.31. The van der Waals surface area contributed by atoms with Gasteiger partial charge in [0.1, 0.15) is 24.2 Å². The number of carbonyl (C=O) groups is 1. The van der Waals surface area contributed by atoms with Crippen LogP contribution in [0, 0.1) is 0 Å². The smallest absolute Gasteiger partial charge is 0.257 e. The van der Waals surface area contributed by atoms with Crippen LogP contribution in [0.25, 0.3) is 0 Å². The molecule has 0 bridgehead atoms. The second-order valence-corrected chi connectivity index (χ2v) is 8.70. The molecule has 0 saturated heterocycles. The van der Waals surface area contributed by atoms with Crippen LogP contribution >= 0.6 is 0 Å². The number of rotatable bonds is 9. The number of nitrogens with one attached hydrogen (secondary N) is 2. The van der Waals surface area contributed by atoms with Crippen molar-refractivity contribution in [2.45, 2.75) is 32.4 Å². The van der Waals surface area contributed by atoms with Crippen LogP contribution in [0.3, 0.4) is 0 Å². The van der Waals surface area contributed by atoms with Gasteiger partial charge in [-0.25, -0.2) is 9.67 Å². The summed E-state index contributed by atoms with van der Waals surface area (Å²) in [6.45, 7) is 2.37. The third-order valence-corrected chi connectivity index (χ3v) is 6.05. The molecule has 0 fully saturated rings. The minimum Gasteiger partial charge on any atom is -0.489 e. The van der Waals surface area contributed by atoms with Gasteiger partial charge in [0.2, 0.25) is 5.95 Å². The number of nitrogens with zero attached hydrogens (tertiary/aromatic N) is 4. The number of aryl methyl sites for hydroxylation is 1. The van der Waals surface area contributed by atoms with Crippen LogP contribution in [0.15, 0.2) is 90.3 Å². The Morgan fingerprint density at radius 1 is 1.08 bits per heavy atom. The van der Waals surface area contributed by atoms with Gasteiger partial charge in [-0.1, -0.05) is 48.5 Å². The summed E-state index contributed by atoms with van der Waals surface area (Å²) >= 11 is 0. The fourth-order valence-electron chi connectivity index (χ4n) is 4.25. The Labute approximate surface area is 214 Å². The molecule has 5 rings (SSSR count). The van der Waals surface area contributed by atoms with Crippen molar-refractivity contribution in [3.63, 3.8) is 0 Å². The number of aromatic nitrogens is 4. The molecule has 2 aromatic heterocycles. The number of carbonyl (C=O) groups excluding carboxylic acids is 1. The number of aliphatic hydroxyl groups is 1. The number of ether oxygens (including phenoxy) is 1. The number of pyridine rings is 1. The van der Waals surface area contributed by atoms with Crippen LogP contribution in [0.1, 0.15) is 36.3 Å². The summed E-state index contributed by atoms with van der Waals surface area (Å²) in [5.41, 5.74) is 3.13. The first-order valence-electron chi connectivity index (χ1n) is 12.2. The minimum absolute atomic E-state index is 0.0557. The van der Waals surface area contributed by atoms with E-state index < -0.39 is 6.04 Å². The average Bonchev–Trinajstić information content (AvgIpc) is 3.33. The van der Waals surface area contributed by atoms with Gasteiger partial charge in [0.15, 0.2) is 5.82 Å². The molecule has 37 heavy (non-hydrogen) atoms. The van der Waals surface area contributed by atoms with Crippen LogP contribution in [0.4, 0.5) is 11.8 Å². The lowest BCUT2D eigenvalue weighted by molar-refractivity contribution is -0.113. The SMILES string of the molecule is CC1=C(C(=O)Nc2ccccn2)C(c2ccc(OCc3ccccc3)cc2)n2nc(CCCO)nc2N1. The van der Waals surface area contributed by atoms with Crippen LogP contribution < -0.4 is 15.4 Å². The Bertz CT molecular complexity index is 1380. The number of fused-ring (bicyclic) bond motifs is 1. The van der Waals surface area contributed by atoms with Gasteiger partial charge in [0.05, 0.1) is 5.57 Å². The van der Waals surface area contributed by atoms with Crippen molar-refractivity contribution >= 4 is 17.7 Å². The molecule has 0 spiro atoms. The van der Waals surface area contributed by atoms with E-state index in [-0.39, 0.29) is 12.5 Å². The molecule has 1 amide bonds. The highest BCUT2D eigenvalue weighted by atomic mass is 16.5. The number of hydrogen-bond acceptors (Lipinski definition) is 7. The Balaban J connectivity index is 1.45. The highest BCUT2D eigenvalue weighted by Gasteiger charge is 2.34. The Kier molecular flexibility index (Phi) is 7.23. The average molecular weight is 497 g/mol. The van der Waals surface area contributed by atoms with E-state index in [1.807, 2.05) is 67.6 Å². The van der Waals surface area contributed by atoms with E-state index in [0.717, 1.165) is 16.9 Å². The molecular formula is C28H28N6O3. The van der Waals surface area contributed by atoms with Crippen molar-refractivity contribution in [1.82, 2.24) is 19.7 Å². The van der Waals surface area contributed by atoms with Crippen molar-refractivity contribution in [1.29, 1.82) is 0 Å². The topological polar surface area (TPSA) is 114 Å². The maximum absolute atomic E-state index is 13.5. The van der Waals surface area contributed by atoms with Crippen LogP contribution in [0.2, 0.25) is 0 Å². The summed E-state index contributed by atoms with van der Waals surface area (Å²) in [7, 11) is 0. The predicted molar refractivity (Wildman–Crippen MR) is 140 cm³/mol. The normalized spacial score (nSPS) is 14.6. The zero-order valence-electron chi connectivity index (χ0n) is 20.5. The van der Waals surface area contributed by atoms with Gasteiger partial charge in [0, 0.05) is 24.9 Å². The Morgan fingerprint density at radius 2 is 1.86 bits per heavy atom. The number of amides is 1. The molecule has 0 aliphatic carbocycles. The van der Waals surface area contributed by atoms with E-state index in [1.54, 1.807) is 23.0 Å². The fraction of sp³-hybridized carbons (Fsp3) is 0.214.